The SMILES string of the molecule is O=C(c1cccc(Cl)c1Cl)N1CCc2c(F)cc(F)cc21. The lowest BCUT2D eigenvalue weighted by molar-refractivity contribution is 0.0989. The topological polar surface area (TPSA) is 20.3 Å². The third-order valence-electron chi connectivity index (χ3n) is 3.44. The van der Waals surface area contributed by atoms with Gasteiger partial charge in [-0.25, -0.2) is 8.78 Å². The molecule has 3 rings (SSSR count). The monoisotopic (exact) mass is 327 g/mol. The molecule has 0 bridgehead atoms. The van der Waals surface area contributed by atoms with E-state index < -0.39 is 17.5 Å². The zero-order valence-corrected chi connectivity index (χ0v) is 12.2. The van der Waals surface area contributed by atoms with Gasteiger partial charge in [0.15, 0.2) is 0 Å². The van der Waals surface area contributed by atoms with Gasteiger partial charge >= 0.3 is 0 Å². The molecule has 0 unspecified atom stereocenters. The first-order valence-corrected chi connectivity index (χ1v) is 6.98. The first kappa shape index (κ1) is 14.3. The van der Waals surface area contributed by atoms with Gasteiger partial charge in [-0.2, -0.15) is 0 Å². The molecule has 1 aliphatic rings. The Morgan fingerprint density at radius 3 is 2.71 bits per heavy atom. The number of hydrogen-bond acceptors (Lipinski definition) is 1. The van der Waals surface area contributed by atoms with Crippen molar-refractivity contribution in [1.29, 1.82) is 0 Å². The molecule has 0 saturated carbocycles. The first-order valence-electron chi connectivity index (χ1n) is 6.23. The van der Waals surface area contributed by atoms with E-state index >= 15 is 0 Å². The molecule has 0 fully saturated rings. The third kappa shape index (κ3) is 2.39. The van der Waals surface area contributed by atoms with Gasteiger partial charge in [-0.05, 0) is 24.6 Å². The highest BCUT2D eigenvalue weighted by Crippen LogP contribution is 2.34. The van der Waals surface area contributed by atoms with Gasteiger partial charge in [0.25, 0.3) is 5.91 Å². The molecule has 0 aliphatic carbocycles. The van der Waals surface area contributed by atoms with E-state index in [1.807, 2.05) is 0 Å². The van der Waals surface area contributed by atoms with Gasteiger partial charge in [-0.1, -0.05) is 29.3 Å². The molecule has 0 N–H and O–H groups in total. The van der Waals surface area contributed by atoms with Crippen molar-refractivity contribution in [2.75, 3.05) is 11.4 Å². The minimum atomic E-state index is -0.719. The molecule has 0 atom stereocenters. The minimum Gasteiger partial charge on any atom is -0.307 e. The molecule has 2 aromatic carbocycles. The zero-order chi connectivity index (χ0) is 15.1. The lowest BCUT2D eigenvalue weighted by Crippen LogP contribution is -2.29. The highest BCUT2D eigenvalue weighted by atomic mass is 35.5. The van der Waals surface area contributed by atoms with Crippen molar-refractivity contribution in [3.05, 3.63) is 63.1 Å². The second-order valence-electron chi connectivity index (χ2n) is 4.69. The summed E-state index contributed by atoms with van der Waals surface area (Å²) >= 11 is 11.9. The molecule has 0 radical (unpaired) electrons. The molecule has 1 heterocycles. The van der Waals surface area contributed by atoms with Crippen molar-refractivity contribution in [2.45, 2.75) is 6.42 Å². The van der Waals surface area contributed by atoms with E-state index in [4.69, 9.17) is 23.2 Å². The third-order valence-corrected chi connectivity index (χ3v) is 4.26. The van der Waals surface area contributed by atoms with Crippen molar-refractivity contribution in [1.82, 2.24) is 0 Å². The first-order chi connectivity index (χ1) is 9.99. The van der Waals surface area contributed by atoms with Crippen LogP contribution in [0.25, 0.3) is 0 Å². The number of carbonyl (C=O) groups is 1. The van der Waals surface area contributed by atoms with Gasteiger partial charge < -0.3 is 4.90 Å². The van der Waals surface area contributed by atoms with Crippen LogP contribution in [0.15, 0.2) is 30.3 Å². The summed E-state index contributed by atoms with van der Waals surface area (Å²) in [4.78, 5) is 13.9. The van der Waals surface area contributed by atoms with Crippen LogP contribution in [0.3, 0.4) is 0 Å². The number of halogens is 4. The molecule has 0 spiro atoms. The Kier molecular flexibility index (Phi) is 3.59. The molecular formula is C15H9Cl2F2NO. The maximum absolute atomic E-state index is 13.7. The van der Waals surface area contributed by atoms with Crippen molar-refractivity contribution < 1.29 is 13.6 Å². The summed E-state index contributed by atoms with van der Waals surface area (Å²) in [5, 5.41) is 0.391. The number of carbonyl (C=O) groups excluding carboxylic acids is 1. The van der Waals surface area contributed by atoms with E-state index in [0.29, 0.717) is 12.0 Å². The summed E-state index contributed by atoms with van der Waals surface area (Å²) < 4.78 is 27.1. The maximum atomic E-state index is 13.7. The average molecular weight is 328 g/mol. The molecule has 1 amide bonds. The summed E-state index contributed by atoms with van der Waals surface area (Å²) in [7, 11) is 0. The van der Waals surface area contributed by atoms with Crippen LogP contribution in [0.2, 0.25) is 10.0 Å². The van der Waals surface area contributed by atoms with E-state index in [0.717, 1.165) is 12.1 Å². The summed E-state index contributed by atoms with van der Waals surface area (Å²) in [6.07, 6.45) is 0.339. The standard InChI is InChI=1S/C15H9Cl2F2NO/c16-11-3-1-2-10(14(11)17)15(21)20-5-4-9-12(19)6-8(18)7-13(9)20/h1-3,6-7H,4-5H2. The quantitative estimate of drug-likeness (QED) is 0.756. The Bertz CT molecular complexity index is 749. The molecular weight excluding hydrogens is 319 g/mol. The predicted molar refractivity (Wildman–Crippen MR) is 78.2 cm³/mol. The van der Waals surface area contributed by atoms with Crippen LogP contribution in [0.5, 0.6) is 0 Å². The number of hydrogen-bond donors (Lipinski definition) is 0. The van der Waals surface area contributed by atoms with E-state index in [9.17, 15) is 13.6 Å². The molecule has 2 aromatic rings. The van der Waals surface area contributed by atoms with Gasteiger partial charge in [0.1, 0.15) is 11.6 Å². The highest BCUT2D eigenvalue weighted by Gasteiger charge is 2.29. The van der Waals surface area contributed by atoms with Crippen LogP contribution in [0.1, 0.15) is 15.9 Å². The molecule has 6 heteroatoms. The van der Waals surface area contributed by atoms with Crippen molar-refractivity contribution in [3.63, 3.8) is 0 Å². The van der Waals surface area contributed by atoms with Crippen LogP contribution in [-0.2, 0) is 6.42 Å². The summed E-state index contributed by atoms with van der Waals surface area (Å²) in [5.41, 5.74) is 0.790. The number of rotatable bonds is 1. The molecule has 2 nitrogen and oxygen atoms in total. The van der Waals surface area contributed by atoms with Crippen LogP contribution < -0.4 is 4.90 Å². The number of amides is 1. The van der Waals surface area contributed by atoms with E-state index in [2.05, 4.69) is 0 Å². The molecule has 0 saturated heterocycles. The van der Waals surface area contributed by atoms with Gasteiger partial charge in [0, 0.05) is 18.2 Å². The zero-order valence-electron chi connectivity index (χ0n) is 10.7. The highest BCUT2D eigenvalue weighted by molar-refractivity contribution is 6.44. The normalized spacial score (nSPS) is 13.4. The molecule has 1 aliphatic heterocycles. The van der Waals surface area contributed by atoms with Crippen LogP contribution in [0, 0.1) is 11.6 Å². The van der Waals surface area contributed by atoms with Crippen molar-refractivity contribution >= 4 is 34.8 Å². The van der Waals surface area contributed by atoms with Gasteiger partial charge in [0.2, 0.25) is 0 Å². The number of nitrogens with zero attached hydrogens (tertiary/aromatic N) is 1. The average Bonchev–Trinajstić information content (AvgIpc) is 2.85. The fourth-order valence-corrected chi connectivity index (χ4v) is 2.83. The summed E-state index contributed by atoms with van der Waals surface area (Å²) in [6, 6.07) is 6.67. The smallest absolute Gasteiger partial charge is 0.259 e. The summed E-state index contributed by atoms with van der Waals surface area (Å²) in [6.45, 7) is 0.275. The second-order valence-corrected chi connectivity index (χ2v) is 5.48. The lowest BCUT2D eigenvalue weighted by Gasteiger charge is -2.18. The van der Waals surface area contributed by atoms with E-state index in [1.54, 1.807) is 12.1 Å². The van der Waals surface area contributed by atoms with E-state index in [1.165, 1.54) is 11.0 Å². The molecule has 108 valence electrons. The molecule has 0 aromatic heterocycles. The number of benzene rings is 2. The Labute approximate surface area is 129 Å². The van der Waals surface area contributed by atoms with Gasteiger partial charge in [-0.3, -0.25) is 4.79 Å². The summed E-state index contributed by atoms with van der Waals surface area (Å²) in [5.74, 6) is -1.79. The fourth-order valence-electron chi connectivity index (χ4n) is 2.45. The number of anilines is 1. The predicted octanol–water partition coefficient (Wildman–Crippen LogP) is 4.47. The second kappa shape index (κ2) is 5.28. The van der Waals surface area contributed by atoms with E-state index in [-0.39, 0.29) is 27.8 Å². The molecule has 21 heavy (non-hydrogen) atoms. The Morgan fingerprint density at radius 1 is 1.19 bits per heavy atom. The lowest BCUT2D eigenvalue weighted by atomic mass is 10.1. The van der Waals surface area contributed by atoms with Crippen LogP contribution in [-0.4, -0.2) is 12.5 Å². The maximum Gasteiger partial charge on any atom is 0.259 e. The van der Waals surface area contributed by atoms with Crippen molar-refractivity contribution in [3.8, 4) is 0 Å². The van der Waals surface area contributed by atoms with Crippen LogP contribution >= 0.6 is 23.2 Å². The van der Waals surface area contributed by atoms with Crippen molar-refractivity contribution in [2.24, 2.45) is 0 Å². The fraction of sp³-hybridized carbons (Fsp3) is 0.133. The minimum absolute atomic E-state index is 0.134. The Morgan fingerprint density at radius 2 is 1.95 bits per heavy atom. The number of fused-ring (bicyclic) bond motifs is 1. The largest absolute Gasteiger partial charge is 0.307 e. The van der Waals surface area contributed by atoms with Crippen LogP contribution in [0.4, 0.5) is 14.5 Å². The van der Waals surface area contributed by atoms with Gasteiger partial charge in [0.05, 0.1) is 21.3 Å². The Balaban J connectivity index is 2.05. The van der Waals surface area contributed by atoms with Gasteiger partial charge in [-0.15, -0.1) is 0 Å². The Hall–Kier alpha value is -1.65.